The van der Waals surface area contributed by atoms with Gasteiger partial charge in [-0.1, -0.05) is 18.2 Å². The number of amides is 1. The standard InChI is InChI=1S/C25H18N4O12S2.2K/c30-22-18(20(24(32)33)26-28(22)14-6-10-16(11-7-14)42(36,37)38)4-2-1-3-5-19-21(25(34)35)27-29(23(19)31)15-8-12-17(13-9-15)43(39,40)41;;/h1-13,26H,(H,32,33)(H,34,35)(H,36,37,38)(H,39,40,41);;/q;2*+1/p-2/b3-1+,4-2+,19-5-;;. The zero-order valence-corrected chi connectivity index (χ0v) is 31.0. The van der Waals surface area contributed by atoms with Crippen LogP contribution in [0.3, 0.4) is 0 Å². The van der Waals surface area contributed by atoms with Gasteiger partial charge in [-0.15, -0.1) is 0 Å². The van der Waals surface area contributed by atoms with Gasteiger partial charge in [0.15, 0.2) is 0 Å². The average Bonchev–Trinajstić information content (AvgIpc) is 3.44. The molecule has 0 atom stereocenters. The minimum Gasteiger partial charge on any atom is -0.543 e. The van der Waals surface area contributed by atoms with Gasteiger partial charge < -0.3 is 19.8 Å². The molecular weight excluding hydrogens is 691 g/mol. The summed E-state index contributed by atoms with van der Waals surface area (Å²) < 4.78 is 63.9. The van der Waals surface area contributed by atoms with E-state index in [9.17, 15) is 46.2 Å². The number of carbonyl (C=O) groups excluding carboxylic acids is 3. The van der Waals surface area contributed by atoms with Crippen molar-refractivity contribution in [3.63, 3.8) is 0 Å². The fourth-order valence-corrected chi connectivity index (χ4v) is 4.69. The van der Waals surface area contributed by atoms with E-state index in [1.165, 1.54) is 18.2 Å². The summed E-state index contributed by atoms with van der Waals surface area (Å²) in [6, 6.07) is 8.44. The van der Waals surface area contributed by atoms with E-state index in [0.29, 0.717) is 5.01 Å². The Morgan fingerprint density at radius 1 is 0.778 bits per heavy atom. The number of hydrogen-bond acceptors (Lipinski definition) is 11. The normalized spacial score (nSPS) is 14.4. The van der Waals surface area contributed by atoms with Crippen LogP contribution >= 0.6 is 0 Å². The van der Waals surface area contributed by atoms with Crippen molar-refractivity contribution in [2.45, 2.75) is 9.79 Å². The Morgan fingerprint density at radius 3 is 1.76 bits per heavy atom. The Hall–Kier alpha value is -2.16. The maximum absolute atomic E-state index is 12.9. The predicted molar refractivity (Wildman–Crippen MR) is 143 cm³/mol. The summed E-state index contributed by atoms with van der Waals surface area (Å²) in [4.78, 5) is 47.9. The number of anilines is 1. The van der Waals surface area contributed by atoms with Crippen LogP contribution in [0.25, 0.3) is 11.8 Å². The predicted octanol–water partition coefficient (Wildman–Crippen LogP) is -7.32. The van der Waals surface area contributed by atoms with Crippen molar-refractivity contribution in [2.24, 2.45) is 5.10 Å². The molecule has 0 unspecified atom stereocenters. The van der Waals surface area contributed by atoms with Gasteiger partial charge in [0.1, 0.15) is 5.71 Å². The second-order valence-corrected chi connectivity index (χ2v) is 11.3. The molecular formula is C25H16K2N4O12S2. The molecule has 0 fully saturated rings. The van der Waals surface area contributed by atoms with Crippen molar-refractivity contribution in [2.75, 3.05) is 5.01 Å². The summed E-state index contributed by atoms with van der Waals surface area (Å²) in [5, 5.41) is 29.8. The van der Waals surface area contributed by atoms with Crippen molar-refractivity contribution in [1.82, 2.24) is 9.78 Å². The molecule has 0 radical (unpaired) electrons. The molecule has 0 saturated carbocycles. The Balaban J connectivity index is 0.00000353. The molecule has 1 aromatic heterocycles. The number of allylic oxidation sites excluding steroid dienone is 4. The number of H-pyrrole nitrogens is 1. The molecule has 45 heavy (non-hydrogen) atoms. The third-order valence-corrected chi connectivity index (χ3v) is 7.46. The second kappa shape index (κ2) is 15.6. The van der Waals surface area contributed by atoms with Crippen LogP contribution in [0, 0.1) is 0 Å². The number of nitrogens with zero attached hydrogens (tertiary/aromatic N) is 3. The van der Waals surface area contributed by atoms with Gasteiger partial charge in [0.05, 0.1) is 49.9 Å². The molecule has 0 saturated heterocycles. The number of aromatic nitrogens is 2. The molecule has 0 spiro atoms. The number of aromatic amines is 1. The fraction of sp³-hybridized carbons (Fsp3) is 0. The quantitative estimate of drug-likeness (QED) is 0.0812. The zero-order chi connectivity index (χ0) is 31.7. The Kier molecular flexibility index (Phi) is 13.5. The zero-order valence-electron chi connectivity index (χ0n) is 23.1. The van der Waals surface area contributed by atoms with E-state index < -0.39 is 70.4 Å². The molecule has 222 valence electrons. The summed E-state index contributed by atoms with van der Waals surface area (Å²) >= 11 is 0. The minimum absolute atomic E-state index is 0. The van der Waals surface area contributed by atoms with Crippen LogP contribution in [0.1, 0.15) is 16.1 Å². The molecule has 20 heteroatoms. The summed E-state index contributed by atoms with van der Waals surface area (Å²) in [5.41, 5.74) is -3.01. The number of carbonyl (C=O) groups is 3. The molecule has 16 nitrogen and oxygen atoms in total. The molecule has 0 bridgehead atoms. The number of aliphatic carboxylic acids is 1. The third-order valence-electron chi connectivity index (χ3n) is 5.72. The van der Waals surface area contributed by atoms with Crippen molar-refractivity contribution in [3.05, 3.63) is 100 Å². The van der Waals surface area contributed by atoms with Crippen LogP contribution in [0.15, 0.2) is 98.1 Å². The van der Waals surface area contributed by atoms with E-state index in [4.69, 9.17) is 9.11 Å². The molecule has 3 N–H and O–H groups in total. The number of carboxylic acids is 2. The van der Waals surface area contributed by atoms with Gasteiger partial charge in [0.2, 0.25) is 0 Å². The Bertz CT molecular complexity index is 2060. The second-order valence-electron chi connectivity index (χ2n) is 8.44. The van der Waals surface area contributed by atoms with Crippen LogP contribution in [0.2, 0.25) is 0 Å². The first-order chi connectivity index (χ1) is 20.1. The van der Waals surface area contributed by atoms with Gasteiger partial charge in [-0.25, -0.2) is 4.68 Å². The molecule has 4 rings (SSSR count). The summed E-state index contributed by atoms with van der Waals surface area (Å²) in [5.74, 6) is -4.45. The maximum Gasteiger partial charge on any atom is 1.00 e. The minimum atomic E-state index is -4.52. The van der Waals surface area contributed by atoms with Gasteiger partial charge in [-0.3, -0.25) is 23.8 Å². The van der Waals surface area contributed by atoms with Crippen molar-refractivity contribution in [3.8, 4) is 5.69 Å². The third kappa shape index (κ3) is 9.01. The number of aromatic carboxylic acids is 1. The van der Waals surface area contributed by atoms with Crippen molar-refractivity contribution in [1.29, 1.82) is 0 Å². The van der Waals surface area contributed by atoms with E-state index >= 15 is 0 Å². The molecule has 2 aromatic carbocycles. The monoisotopic (exact) mass is 706 g/mol. The summed E-state index contributed by atoms with van der Waals surface area (Å²) in [6.07, 6.45) is 5.74. The Labute approximate surface area is 339 Å². The first-order valence-corrected chi connectivity index (χ1v) is 14.4. The first kappa shape index (κ1) is 39.0. The number of hydrazone groups is 1. The van der Waals surface area contributed by atoms with Gasteiger partial charge >= 0.3 is 103 Å². The van der Waals surface area contributed by atoms with E-state index in [2.05, 4.69) is 10.2 Å². The van der Waals surface area contributed by atoms with E-state index in [1.807, 2.05) is 0 Å². The van der Waals surface area contributed by atoms with E-state index in [1.54, 1.807) is 0 Å². The fourth-order valence-electron chi connectivity index (χ4n) is 3.73. The van der Waals surface area contributed by atoms with E-state index in [-0.39, 0.29) is 120 Å². The molecule has 1 aliphatic heterocycles. The van der Waals surface area contributed by atoms with Crippen molar-refractivity contribution >= 4 is 55.6 Å². The van der Waals surface area contributed by atoms with Gasteiger partial charge in [0, 0.05) is 0 Å². The van der Waals surface area contributed by atoms with Crippen LogP contribution in [-0.2, 0) is 29.8 Å². The summed E-state index contributed by atoms with van der Waals surface area (Å²) in [7, 11) is -9.02. The molecule has 0 aliphatic carbocycles. The largest absolute Gasteiger partial charge is 1.00 e. The Morgan fingerprint density at radius 2 is 1.29 bits per heavy atom. The van der Waals surface area contributed by atoms with E-state index in [0.717, 1.165) is 65.4 Å². The number of nitrogens with one attached hydrogen (secondary N) is 1. The number of rotatable bonds is 9. The van der Waals surface area contributed by atoms with Gasteiger partial charge in [-0.2, -0.15) is 26.9 Å². The maximum atomic E-state index is 12.9. The van der Waals surface area contributed by atoms with Gasteiger partial charge in [0.25, 0.3) is 31.7 Å². The van der Waals surface area contributed by atoms with Crippen molar-refractivity contribution < 1.29 is 153 Å². The molecule has 3 aromatic rings. The number of hydrogen-bond donors (Lipinski definition) is 3. The molecule has 2 heterocycles. The average molecular weight is 707 g/mol. The smallest absolute Gasteiger partial charge is 0.543 e. The first-order valence-electron chi connectivity index (χ1n) is 11.5. The van der Waals surface area contributed by atoms with Crippen LogP contribution < -0.4 is 124 Å². The topological polar surface area (TPSA) is 259 Å². The van der Waals surface area contributed by atoms with Crippen LogP contribution in [0.4, 0.5) is 5.69 Å². The SMILES string of the molecule is O=C([O-])C1=NN(c2ccc(S(=O)(=O)O)cc2)C(=O)\C1=C/C=C/C=C/c1c(C(=O)[O-])[nH]n(-c2ccc(S(=O)(=O)O)cc2)c1=O.[K+].[K+]. The summed E-state index contributed by atoms with van der Waals surface area (Å²) in [6.45, 7) is 0. The van der Waals surface area contributed by atoms with Crippen LogP contribution in [0.5, 0.6) is 0 Å². The number of carboxylic acid groups (broad SMARTS) is 2. The molecule has 1 aliphatic rings. The number of benzene rings is 2. The van der Waals surface area contributed by atoms with Gasteiger partial charge in [-0.05, 0) is 60.7 Å². The van der Waals surface area contributed by atoms with Crippen LogP contribution in [-0.4, -0.2) is 59.3 Å². The molecule has 1 amide bonds.